The van der Waals surface area contributed by atoms with Crippen molar-refractivity contribution in [2.45, 2.75) is 40.3 Å². The molecule has 0 fully saturated rings. The Morgan fingerprint density at radius 2 is 1.90 bits per heavy atom. The molecule has 8 heteroatoms. The number of aromatic nitrogens is 2. The van der Waals surface area contributed by atoms with Gasteiger partial charge in [-0.15, -0.1) is 0 Å². The second-order valence-electron chi connectivity index (χ2n) is 7.00. The van der Waals surface area contributed by atoms with E-state index in [1.807, 2.05) is 6.92 Å². The monoisotopic (exact) mass is 419 g/mol. The first-order chi connectivity index (χ1) is 13.7. The number of rotatable bonds is 8. The first-order valence-corrected chi connectivity index (χ1v) is 9.65. The SMILES string of the molecule is COc1ccc(NC(=O)[C@@H](C)OC(=O)/C=C/c2c(C)nn(CC(C)C)c2Cl)cc1. The van der Waals surface area contributed by atoms with Crippen molar-refractivity contribution in [3.8, 4) is 5.75 Å². The number of halogens is 1. The molecular formula is C21H26ClN3O4. The van der Waals surface area contributed by atoms with Crippen LogP contribution >= 0.6 is 11.6 Å². The van der Waals surface area contributed by atoms with Gasteiger partial charge in [0.15, 0.2) is 6.10 Å². The molecule has 1 aromatic carbocycles. The van der Waals surface area contributed by atoms with Gasteiger partial charge in [0.1, 0.15) is 10.9 Å². The first kappa shape index (κ1) is 22.5. The highest BCUT2D eigenvalue weighted by atomic mass is 35.5. The average molecular weight is 420 g/mol. The van der Waals surface area contributed by atoms with Crippen LogP contribution < -0.4 is 10.1 Å². The van der Waals surface area contributed by atoms with Crippen molar-refractivity contribution in [2.24, 2.45) is 5.92 Å². The lowest BCUT2D eigenvalue weighted by atomic mass is 10.2. The van der Waals surface area contributed by atoms with Crippen LogP contribution in [-0.2, 0) is 20.9 Å². The summed E-state index contributed by atoms with van der Waals surface area (Å²) in [5.74, 6) is -0.0118. The fourth-order valence-electron chi connectivity index (χ4n) is 2.56. The molecule has 0 spiro atoms. The van der Waals surface area contributed by atoms with Crippen molar-refractivity contribution in [3.63, 3.8) is 0 Å². The quantitative estimate of drug-likeness (QED) is 0.514. The fourth-order valence-corrected chi connectivity index (χ4v) is 2.87. The summed E-state index contributed by atoms with van der Waals surface area (Å²) >= 11 is 6.35. The van der Waals surface area contributed by atoms with Crippen LogP contribution in [0, 0.1) is 12.8 Å². The van der Waals surface area contributed by atoms with Crippen LogP contribution in [0.3, 0.4) is 0 Å². The zero-order valence-corrected chi connectivity index (χ0v) is 18.0. The zero-order valence-electron chi connectivity index (χ0n) is 17.2. The summed E-state index contributed by atoms with van der Waals surface area (Å²) in [6, 6.07) is 6.84. The highest BCUT2D eigenvalue weighted by molar-refractivity contribution is 6.31. The van der Waals surface area contributed by atoms with E-state index < -0.39 is 18.0 Å². The van der Waals surface area contributed by atoms with Crippen molar-refractivity contribution in [2.75, 3.05) is 12.4 Å². The van der Waals surface area contributed by atoms with Crippen molar-refractivity contribution in [1.29, 1.82) is 0 Å². The van der Waals surface area contributed by atoms with Gasteiger partial charge in [0, 0.05) is 23.9 Å². The van der Waals surface area contributed by atoms with Crippen LogP contribution in [0.2, 0.25) is 5.15 Å². The molecule has 1 aromatic heterocycles. The smallest absolute Gasteiger partial charge is 0.331 e. The minimum absolute atomic E-state index is 0.388. The largest absolute Gasteiger partial charge is 0.497 e. The minimum atomic E-state index is -0.963. The summed E-state index contributed by atoms with van der Waals surface area (Å²) in [4.78, 5) is 24.3. The van der Waals surface area contributed by atoms with Gasteiger partial charge in [0.05, 0.1) is 12.8 Å². The lowest BCUT2D eigenvalue weighted by Gasteiger charge is -2.12. The predicted octanol–water partition coefficient (Wildman–Crippen LogP) is 4.09. The Morgan fingerprint density at radius 1 is 1.24 bits per heavy atom. The molecule has 2 rings (SSSR count). The highest BCUT2D eigenvalue weighted by Crippen LogP contribution is 2.22. The third kappa shape index (κ3) is 6.35. The number of benzene rings is 1. The maximum atomic E-state index is 12.2. The molecule has 29 heavy (non-hydrogen) atoms. The topological polar surface area (TPSA) is 82.4 Å². The van der Waals surface area contributed by atoms with Gasteiger partial charge in [-0.2, -0.15) is 5.10 Å². The molecule has 0 saturated carbocycles. The number of anilines is 1. The Morgan fingerprint density at radius 3 is 2.48 bits per heavy atom. The van der Waals surface area contributed by atoms with Gasteiger partial charge in [-0.3, -0.25) is 9.48 Å². The Balaban J connectivity index is 1.95. The zero-order chi connectivity index (χ0) is 21.6. The lowest BCUT2D eigenvalue weighted by Crippen LogP contribution is -2.29. The summed E-state index contributed by atoms with van der Waals surface area (Å²) in [6.45, 7) is 8.14. The van der Waals surface area contributed by atoms with Crippen LogP contribution in [0.15, 0.2) is 30.3 Å². The van der Waals surface area contributed by atoms with E-state index in [2.05, 4.69) is 24.3 Å². The Hall–Kier alpha value is -2.80. The highest BCUT2D eigenvalue weighted by Gasteiger charge is 2.17. The Kier molecular flexibility index (Phi) is 7.84. The molecule has 0 aliphatic heterocycles. The number of amides is 1. The van der Waals surface area contributed by atoms with Crippen LogP contribution in [0.4, 0.5) is 5.69 Å². The van der Waals surface area contributed by atoms with Crippen molar-refractivity contribution < 1.29 is 19.1 Å². The maximum Gasteiger partial charge on any atom is 0.331 e. The van der Waals surface area contributed by atoms with E-state index in [4.69, 9.17) is 21.1 Å². The molecule has 7 nitrogen and oxygen atoms in total. The molecule has 2 aromatic rings. The molecule has 0 bridgehead atoms. The Labute approximate surface area is 175 Å². The van der Waals surface area contributed by atoms with E-state index in [0.29, 0.717) is 40.3 Å². The molecule has 0 aliphatic rings. The molecule has 0 unspecified atom stereocenters. The van der Waals surface area contributed by atoms with E-state index in [1.165, 1.54) is 13.0 Å². The number of esters is 1. The van der Waals surface area contributed by atoms with Crippen LogP contribution in [-0.4, -0.2) is 34.9 Å². The van der Waals surface area contributed by atoms with Crippen molar-refractivity contribution in [3.05, 3.63) is 46.8 Å². The number of nitrogens with zero attached hydrogens (tertiary/aromatic N) is 2. The number of nitrogens with one attached hydrogen (secondary N) is 1. The van der Waals surface area contributed by atoms with Gasteiger partial charge in [0.2, 0.25) is 0 Å². The van der Waals surface area contributed by atoms with Crippen molar-refractivity contribution in [1.82, 2.24) is 9.78 Å². The van der Waals surface area contributed by atoms with Crippen molar-refractivity contribution >= 4 is 35.2 Å². The second kappa shape index (κ2) is 10.1. The van der Waals surface area contributed by atoms with Crippen LogP contribution in [0.25, 0.3) is 6.08 Å². The molecule has 0 saturated heterocycles. The maximum absolute atomic E-state index is 12.2. The summed E-state index contributed by atoms with van der Waals surface area (Å²) in [7, 11) is 1.56. The number of methoxy groups -OCH3 is 1. The van der Waals surface area contributed by atoms with E-state index in [1.54, 1.807) is 42.1 Å². The van der Waals surface area contributed by atoms with Gasteiger partial charge < -0.3 is 14.8 Å². The Bertz CT molecular complexity index is 888. The lowest BCUT2D eigenvalue weighted by molar-refractivity contribution is -0.148. The number of ether oxygens (including phenoxy) is 2. The summed E-state index contributed by atoms with van der Waals surface area (Å²) < 4.78 is 11.9. The first-order valence-electron chi connectivity index (χ1n) is 9.27. The number of hydrogen-bond acceptors (Lipinski definition) is 5. The molecule has 1 N–H and O–H groups in total. The molecule has 1 amide bonds. The molecule has 0 aliphatic carbocycles. The fraction of sp³-hybridized carbons (Fsp3) is 0.381. The van der Waals surface area contributed by atoms with E-state index >= 15 is 0 Å². The van der Waals surface area contributed by atoms with Gasteiger partial charge in [-0.25, -0.2) is 4.79 Å². The molecule has 1 heterocycles. The average Bonchev–Trinajstić information content (AvgIpc) is 2.93. The van der Waals surface area contributed by atoms with E-state index in [9.17, 15) is 9.59 Å². The second-order valence-corrected chi connectivity index (χ2v) is 7.35. The molecule has 156 valence electrons. The van der Waals surface area contributed by atoms with Crippen LogP contribution in [0.5, 0.6) is 5.75 Å². The number of carbonyl (C=O) groups excluding carboxylic acids is 2. The van der Waals surface area contributed by atoms with Gasteiger partial charge in [0.25, 0.3) is 5.91 Å². The normalized spacial score (nSPS) is 12.2. The van der Waals surface area contributed by atoms with E-state index in [0.717, 1.165) is 0 Å². The van der Waals surface area contributed by atoms with Gasteiger partial charge in [-0.05, 0) is 50.1 Å². The third-order valence-corrected chi connectivity index (χ3v) is 4.45. The summed E-state index contributed by atoms with van der Waals surface area (Å²) in [5, 5.41) is 7.53. The van der Waals surface area contributed by atoms with E-state index in [-0.39, 0.29) is 0 Å². The van der Waals surface area contributed by atoms with Crippen LogP contribution in [0.1, 0.15) is 32.0 Å². The predicted molar refractivity (Wildman–Crippen MR) is 113 cm³/mol. The summed E-state index contributed by atoms with van der Waals surface area (Å²) in [5.41, 5.74) is 1.94. The number of hydrogen-bond donors (Lipinski definition) is 1. The molecule has 0 radical (unpaired) electrons. The van der Waals surface area contributed by atoms with Gasteiger partial charge in [-0.1, -0.05) is 25.4 Å². The molecule has 1 atom stereocenters. The third-order valence-electron chi connectivity index (χ3n) is 4.05. The standard InChI is InChI=1S/C21H26ClN3O4/c1-13(2)12-25-20(22)18(14(3)24-25)10-11-19(26)29-15(4)21(27)23-16-6-8-17(28-5)9-7-16/h6-11,13,15H,12H2,1-5H3,(H,23,27)/b11-10+/t15-/m1/s1. The minimum Gasteiger partial charge on any atom is -0.497 e. The number of aryl methyl sites for hydroxylation is 1. The molecular weight excluding hydrogens is 394 g/mol. The number of carbonyl (C=O) groups is 2. The van der Waals surface area contributed by atoms with Gasteiger partial charge >= 0.3 is 5.97 Å². The summed E-state index contributed by atoms with van der Waals surface area (Å²) in [6.07, 6.45) is 1.83.